The number of ether oxygens (including phenoxy) is 1. The predicted octanol–water partition coefficient (Wildman–Crippen LogP) is 5.49. The highest BCUT2D eigenvalue weighted by Crippen LogP contribution is 2.25. The molecular formula is C32H37N5O2. The zero-order chi connectivity index (χ0) is 27.0. The number of benzene rings is 3. The van der Waals surface area contributed by atoms with Crippen molar-refractivity contribution in [1.82, 2.24) is 15.2 Å². The molecule has 202 valence electrons. The van der Waals surface area contributed by atoms with E-state index in [4.69, 9.17) is 9.72 Å². The Bertz CT molecular complexity index is 1400. The Morgan fingerprint density at radius 2 is 1.69 bits per heavy atom. The van der Waals surface area contributed by atoms with Gasteiger partial charge in [0.2, 0.25) is 0 Å². The number of carbonyl (C=O) groups is 1. The molecule has 7 nitrogen and oxygen atoms in total. The number of carbonyl (C=O) groups excluding carboxylic acids is 1. The fraction of sp³-hybridized carbons (Fsp3) is 0.312. The second-order valence-electron chi connectivity index (χ2n) is 9.84. The predicted molar refractivity (Wildman–Crippen MR) is 159 cm³/mol. The van der Waals surface area contributed by atoms with E-state index >= 15 is 0 Å². The number of fused-ring (bicyclic) bond motifs is 1. The van der Waals surface area contributed by atoms with E-state index in [0.717, 1.165) is 67.9 Å². The molecule has 0 unspecified atom stereocenters. The number of methoxy groups -OCH3 is 1. The Hall–Kier alpha value is -4.10. The van der Waals surface area contributed by atoms with E-state index in [1.54, 1.807) is 7.11 Å². The maximum atomic E-state index is 13.3. The van der Waals surface area contributed by atoms with Crippen LogP contribution in [0.3, 0.4) is 0 Å². The van der Waals surface area contributed by atoms with Gasteiger partial charge < -0.3 is 20.3 Å². The van der Waals surface area contributed by atoms with Crippen molar-refractivity contribution in [1.29, 1.82) is 0 Å². The third-order valence-electron chi connectivity index (χ3n) is 7.37. The fourth-order valence-electron chi connectivity index (χ4n) is 5.14. The smallest absolute Gasteiger partial charge is 0.252 e. The molecule has 5 rings (SSSR count). The number of pyridine rings is 1. The highest BCUT2D eigenvalue weighted by molar-refractivity contribution is 6.07. The molecule has 3 aromatic carbocycles. The maximum Gasteiger partial charge on any atom is 0.252 e. The number of piperazine rings is 1. The van der Waals surface area contributed by atoms with E-state index in [-0.39, 0.29) is 5.91 Å². The summed E-state index contributed by atoms with van der Waals surface area (Å²) >= 11 is 0. The first-order chi connectivity index (χ1) is 19.1. The average molecular weight is 524 g/mol. The first kappa shape index (κ1) is 26.5. The molecular weight excluding hydrogens is 486 g/mol. The van der Waals surface area contributed by atoms with Crippen LogP contribution in [0.25, 0.3) is 10.9 Å². The zero-order valence-electron chi connectivity index (χ0n) is 22.8. The number of nitrogens with zero attached hydrogens (tertiary/aromatic N) is 3. The monoisotopic (exact) mass is 523 g/mol. The van der Waals surface area contributed by atoms with Crippen molar-refractivity contribution in [3.05, 3.63) is 90.0 Å². The van der Waals surface area contributed by atoms with Gasteiger partial charge in [0.05, 0.1) is 18.2 Å². The van der Waals surface area contributed by atoms with Crippen LogP contribution in [0.2, 0.25) is 0 Å². The molecule has 39 heavy (non-hydrogen) atoms. The van der Waals surface area contributed by atoms with Crippen molar-refractivity contribution >= 4 is 34.0 Å². The molecule has 7 heteroatoms. The number of hydrogen-bond donors (Lipinski definition) is 2. The zero-order valence-corrected chi connectivity index (χ0v) is 22.8. The Kier molecular flexibility index (Phi) is 8.58. The largest absolute Gasteiger partial charge is 0.497 e. The Balaban J connectivity index is 1.15. The van der Waals surface area contributed by atoms with Crippen LogP contribution in [0.5, 0.6) is 5.75 Å². The summed E-state index contributed by atoms with van der Waals surface area (Å²) in [5.74, 6) is 1.49. The van der Waals surface area contributed by atoms with Crippen LogP contribution < -0.4 is 20.3 Å². The average Bonchev–Trinajstić information content (AvgIpc) is 2.99. The molecule has 2 N–H and O–H groups in total. The highest BCUT2D eigenvalue weighted by atomic mass is 16.5. The second kappa shape index (κ2) is 12.6. The molecule has 1 aromatic heterocycles. The van der Waals surface area contributed by atoms with Gasteiger partial charge in [-0.25, -0.2) is 4.98 Å². The van der Waals surface area contributed by atoms with E-state index in [9.17, 15) is 4.79 Å². The Morgan fingerprint density at radius 3 is 2.46 bits per heavy atom. The molecule has 0 radical (unpaired) electrons. The van der Waals surface area contributed by atoms with Crippen molar-refractivity contribution in [2.75, 3.05) is 56.6 Å². The lowest BCUT2D eigenvalue weighted by molar-refractivity contribution is 0.0953. The summed E-state index contributed by atoms with van der Waals surface area (Å²) < 4.78 is 5.27. The minimum Gasteiger partial charge on any atom is -0.497 e. The SMILES string of the molecule is CCc1ccccc1Nc1cc(C(=O)NCCCN2CCN(c3ccc(OC)cc3)CC2)c2ccccc2n1. The molecule has 1 fully saturated rings. The number of anilines is 3. The van der Waals surface area contributed by atoms with Gasteiger partial charge in [0, 0.05) is 49.5 Å². The molecule has 0 spiro atoms. The first-order valence-corrected chi connectivity index (χ1v) is 13.8. The standard InChI is InChI=1S/C32H37N5O2/c1-3-24-9-4-6-11-29(24)34-31-23-28(27-10-5-7-12-30(27)35-31)32(38)33-17-8-18-36-19-21-37(22-20-36)25-13-15-26(39-2)16-14-25/h4-7,9-16,23H,3,8,17-22H2,1-2H3,(H,33,38)(H,34,35). The third-order valence-corrected chi connectivity index (χ3v) is 7.37. The summed E-state index contributed by atoms with van der Waals surface area (Å²) in [6.45, 7) is 7.77. The van der Waals surface area contributed by atoms with Crippen LogP contribution >= 0.6 is 0 Å². The molecule has 4 aromatic rings. The van der Waals surface area contributed by atoms with Gasteiger partial charge in [0.15, 0.2) is 0 Å². The molecule has 0 aliphatic carbocycles. The lowest BCUT2D eigenvalue weighted by Crippen LogP contribution is -2.47. The van der Waals surface area contributed by atoms with Gasteiger partial charge in [-0.3, -0.25) is 9.69 Å². The van der Waals surface area contributed by atoms with Crippen LogP contribution in [-0.2, 0) is 6.42 Å². The van der Waals surface area contributed by atoms with Gasteiger partial charge in [-0.15, -0.1) is 0 Å². The van der Waals surface area contributed by atoms with Crippen LogP contribution in [0, 0.1) is 0 Å². The molecule has 1 amide bonds. The van der Waals surface area contributed by atoms with Crippen molar-refractivity contribution < 1.29 is 9.53 Å². The van der Waals surface area contributed by atoms with E-state index in [1.165, 1.54) is 11.3 Å². The van der Waals surface area contributed by atoms with E-state index < -0.39 is 0 Å². The summed E-state index contributed by atoms with van der Waals surface area (Å²) in [7, 11) is 1.69. The molecule has 1 aliphatic heterocycles. The van der Waals surface area contributed by atoms with Gasteiger partial charge in [-0.2, -0.15) is 0 Å². The van der Waals surface area contributed by atoms with E-state index in [0.29, 0.717) is 17.9 Å². The molecule has 1 aliphatic rings. The van der Waals surface area contributed by atoms with Gasteiger partial charge in [0.1, 0.15) is 11.6 Å². The number of aryl methyl sites for hydroxylation is 1. The van der Waals surface area contributed by atoms with Crippen LogP contribution in [0.15, 0.2) is 78.9 Å². The second-order valence-corrected chi connectivity index (χ2v) is 9.84. The molecule has 0 bridgehead atoms. The fourth-order valence-corrected chi connectivity index (χ4v) is 5.14. The quantitative estimate of drug-likeness (QED) is 0.268. The van der Waals surface area contributed by atoms with Crippen LogP contribution in [-0.4, -0.2) is 62.2 Å². The number of para-hydroxylation sites is 2. The molecule has 2 heterocycles. The van der Waals surface area contributed by atoms with Crippen molar-refractivity contribution in [2.24, 2.45) is 0 Å². The minimum absolute atomic E-state index is 0.0650. The van der Waals surface area contributed by atoms with Gasteiger partial charge >= 0.3 is 0 Å². The number of nitrogens with one attached hydrogen (secondary N) is 2. The van der Waals surface area contributed by atoms with Crippen LogP contribution in [0.1, 0.15) is 29.3 Å². The summed E-state index contributed by atoms with van der Waals surface area (Å²) in [5, 5.41) is 7.44. The molecule has 0 saturated carbocycles. The first-order valence-electron chi connectivity index (χ1n) is 13.8. The van der Waals surface area contributed by atoms with E-state index in [1.807, 2.05) is 60.7 Å². The lowest BCUT2D eigenvalue weighted by Gasteiger charge is -2.36. The van der Waals surface area contributed by atoms with Crippen molar-refractivity contribution in [3.8, 4) is 5.75 Å². The normalized spacial score (nSPS) is 13.8. The van der Waals surface area contributed by atoms with Crippen molar-refractivity contribution in [2.45, 2.75) is 19.8 Å². The third kappa shape index (κ3) is 6.49. The Morgan fingerprint density at radius 1 is 0.949 bits per heavy atom. The van der Waals surface area contributed by atoms with Crippen molar-refractivity contribution in [3.63, 3.8) is 0 Å². The number of hydrogen-bond acceptors (Lipinski definition) is 6. The lowest BCUT2D eigenvalue weighted by atomic mass is 10.1. The summed E-state index contributed by atoms with van der Waals surface area (Å²) in [6, 6.07) is 26.2. The number of rotatable bonds is 10. The highest BCUT2D eigenvalue weighted by Gasteiger charge is 2.18. The van der Waals surface area contributed by atoms with E-state index in [2.05, 4.69) is 45.6 Å². The number of amides is 1. The maximum absolute atomic E-state index is 13.3. The summed E-state index contributed by atoms with van der Waals surface area (Å²) in [4.78, 5) is 22.9. The Labute approximate surface area is 230 Å². The van der Waals surface area contributed by atoms with Gasteiger partial charge in [0.25, 0.3) is 5.91 Å². The molecule has 1 saturated heterocycles. The summed E-state index contributed by atoms with van der Waals surface area (Å²) in [6.07, 6.45) is 1.83. The topological polar surface area (TPSA) is 69.7 Å². The molecule has 0 atom stereocenters. The minimum atomic E-state index is -0.0650. The van der Waals surface area contributed by atoms with Gasteiger partial charge in [-0.1, -0.05) is 43.3 Å². The summed E-state index contributed by atoms with van der Waals surface area (Å²) in [5.41, 5.74) is 4.91. The number of aromatic nitrogens is 1. The van der Waals surface area contributed by atoms with Crippen LogP contribution in [0.4, 0.5) is 17.2 Å². The van der Waals surface area contributed by atoms with Gasteiger partial charge in [-0.05, 0) is 67.4 Å².